The zero-order chi connectivity index (χ0) is 18.8. The quantitative estimate of drug-likeness (QED) is 0.748. The van der Waals surface area contributed by atoms with E-state index in [-0.39, 0.29) is 17.7 Å². The first-order valence-corrected chi connectivity index (χ1v) is 9.96. The van der Waals surface area contributed by atoms with Crippen molar-refractivity contribution in [3.8, 4) is 0 Å². The Morgan fingerprint density at radius 1 is 1.37 bits per heavy atom. The zero-order valence-electron chi connectivity index (χ0n) is 15.1. The molecule has 3 heterocycles. The van der Waals surface area contributed by atoms with E-state index in [1.165, 1.54) is 11.3 Å². The summed E-state index contributed by atoms with van der Waals surface area (Å²) in [5.41, 5.74) is 2.01. The van der Waals surface area contributed by atoms with Gasteiger partial charge in [-0.3, -0.25) is 9.59 Å². The standard InChI is InChI=1S/C20H21N3O3S/c1-13-22-16-7-6-15(10-17(16)26-13)20(25)23-8-2-4-14(12-23)11-21-19(24)18-5-3-9-27-18/h3,5-7,9-10,14H,2,4,8,11-12H2,1H3,(H,21,24)/t14-/m0/s1. The highest BCUT2D eigenvalue weighted by Crippen LogP contribution is 2.21. The monoisotopic (exact) mass is 383 g/mol. The number of amides is 2. The molecule has 1 saturated heterocycles. The molecule has 4 rings (SSSR count). The normalized spacial score (nSPS) is 17.2. The fourth-order valence-electron chi connectivity index (χ4n) is 3.50. The summed E-state index contributed by atoms with van der Waals surface area (Å²) in [6.45, 7) is 3.76. The molecule has 0 spiro atoms. The minimum Gasteiger partial charge on any atom is -0.441 e. The summed E-state index contributed by atoms with van der Waals surface area (Å²) in [6.07, 6.45) is 1.95. The van der Waals surface area contributed by atoms with Crippen molar-refractivity contribution in [1.29, 1.82) is 0 Å². The van der Waals surface area contributed by atoms with Crippen LogP contribution in [0, 0.1) is 12.8 Å². The van der Waals surface area contributed by atoms with Crippen LogP contribution in [0.2, 0.25) is 0 Å². The van der Waals surface area contributed by atoms with Crippen molar-refractivity contribution in [1.82, 2.24) is 15.2 Å². The molecule has 3 aromatic rings. The van der Waals surface area contributed by atoms with E-state index in [0.29, 0.717) is 30.1 Å². The summed E-state index contributed by atoms with van der Waals surface area (Å²) >= 11 is 1.43. The number of carbonyl (C=O) groups is 2. The number of nitrogens with one attached hydrogen (secondary N) is 1. The smallest absolute Gasteiger partial charge is 0.261 e. The summed E-state index contributed by atoms with van der Waals surface area (Å²) in [6, 6.07) is 9.07. The Morgan fingerprint density at radius 3 is 3.07 bits per heavy atom. The number of oxazole rings is 1. The second kappa shape index (κ2) is 7.52. The third-order valence-electron chi connectivity index (χ3n) is 4.84. The molecule has 1 aliphatic rings. The largest absolute Gasteiger partial charge is 0.441 e. The highest BCUT2D eigenvalue weighted by atomic mass is 32.1. The lowest BCUT2D eigenvalue weighted by Crippen LogP contribution is -2.43. The molecular weight excluding hydrogens is 362 g/mol. The van der Waals surface area contributed by atoms with Crippen molar-refractivity contribution >= 4 is 34.3 Å². The number of thiophene rings is 1. The minimum absolute atomic E-state index is 0.000219. The lowest BCUT2D eigenvalue weighted by Gasteiger charge is -2.33. The summed E-state index contributed by atoms with van der Waals surface area (Å²) in [5.74, 6) is 0.816. The van der Waals surface area contributed by atoms with Gasteiger partial charge in [-0.05, 0) is 48.4 Å². The number of nitrogens with zero attached hydrogens (tertiary/aromatic N) is 2. The molecule has 140 valence electrons. The molecule has 1 aromatic carbocycles. The number of rotatable bonds is 4. The maximum atomic E-state index is 12.9. The number of hydrogen-bond donors (Lipinski definition) is 1. The number of piperidine rings is 1. The average molecular weight is 383 g/mol. The molecule has 1 aliphatic heterocycles. The summed E-state index contributed by atoms with van der Waals surface area (Å²) in [4.78, 5) is 31.9. The van der Waals surface area contributed by atoms with Gasteiger partial charge in [0.1, 0.15) is 5.52 Å². The van der Waals surface area contributed by atoms with E-state index < -0.39 is 0 Å². The molecule has 7 heteroatoms. The minimum atomic E-state index is -0.0420. The third-order valence-corrected chi connectivity index (χ3v) is 5.71. The molecule has 2 amide bonds. The number of carbonyl (C=O) groups excluding carboxylic acids is 2. The van der Waals surface area contributed by atoms with Crippen LogP contribution in [0.3, 0.4) is 0 Å². The van der Waals surface area contributed by atoms with Gasteiger partial charge in [0.2, 0.25) is 0 Å². The van der Waals surface area contributed by atoms with Crippen molar-refractivity contribution in [2.45, 2.75) is 19.8 Å². The molecule has 1 atom stereocenters. The van der Waals surface area contributed by atoms with Crippen LogP contribution in [-0.2, 0) is 0 Å². The van der Waals surface area contributed by atoms with Crippen molar-refractivity contribution in [2.24, 2.45) is 5.92 Å². The molecule has 27 heavy (non-hydrogen) atoms. The summed E-state index contributed by atoms with van der Waals surface area (Å²) in [5, 5.41) is 4.88. The second-order valence-corrected chi connectivity index (χ2v) is 7.81. The van der Waals surface area contributed by atoms with Crippen LogP contribution in [0.5, 0.6) is 0 Å². The van der Waals surface area contributed by atoms with Crippen LogP contribution >= 0.6 is 11.3 Å². The van der Waals surface area contributed by atoms with E-state index in [1.807, 2.05) is 28.5 Å². The lowest BCUT2D eigenvalue weighted by molar-refractivity contribution is 0.0671. The SMILES string of the molecule is Cc1nc2ccc(C(=O)N3CCC[C@@H](CNC(=O)c4cccs4)C3)cc2o1. The Kier molecular flexibility index (Phi) is 4.94. The maximum Gasteiger partial charge on any atom is 0.261 e. The molecule has 0 aliphatic carbocycles. The van der Waals surface area contributed by atoms with Crippen molar-refractivity contribution in [3.05, 3.63) is 52.0 Å². The maximum absolute atomic E-state index is 12.9. The Labute approximate surface area is 161 Å². The van der Waals surface area contributed by atoms with Crippen LogP contribution in [0.25, 0.3) is 11.1 Å². The number of aromatic nitrogens is 1. The van der Waals surface area contributed by atoms with Gasteiger partial charge in [-0.2, -0.15) is 0 Å². The second-order valence-electron chi connectivity index (χ2n) is 6.86. The fraction of sp³-hybridized carbons (Fsp3) is 0.350. The van der Waals surface area contributed by atoms with Crippen molar-refractivity contribution in [3.63, 3.8) is 0 Å². The first kappa shape index (κ1) is 17.7. The predicted molar refractivity (Wildman–Crippen MR) is 104 cm³/mol. The Hall–Kier alpha value is -2.67. The highest BCUT2D eigenvalue weighted by Gasteiger charge is 2.25. The van der Waals surface area contributed by atoms with Crippen LogP contribution < -0.4 is 5.32 Å². The van der Waals surface area contributed by atoms with Crippen LogP contribution in [-0.4, -0.2) is 41.3 Å². The average Bonchev–Trinajstić information content (AvgIpc) is 3.34. The molecule has 0 saturated carbocycles. The van der Waals surface area contributed by atoms with Crippen molar-refractivity contribution in [2.75, 3.05) is 19.6 Å². The highest BCUT2D eigenvalue weighted by molar-refractivity contribution is 7.12. The van der Waals surface area contributed by atoms with E-state index in [0.717, 1.165) is 29.8 Å². The van der Waals surface area contributed by atoms with E-state index >= 15 is 0 Å². The number of likely N-dealkylation sites (tertiary alicyclic amines) is 1. The molecule has 0 radical (unpaired) electrons. The van der Waals surface area contributed by atoms with Gasteiger partial charge < -0.3 is 14.6 Å². The topological polar surface area (TPSA) is 75.4 Å². The molecule has 6 nitrogen and oxygen atoms in total. The Morgan fingerprint density at radius 2 is 2.26 bits per heavy atom. The van der Waals surface area contributed by atoms with Crippen LogP contribution in [0.15, 0.2) is 40.1 Å². The summed E-state index contributed by atoms with van der Waals surface area (Å²) in [7, 11) is 0. The number of hydrogen-bond acceptors (Lipinski definition) is 5. The van der Waals surface area contributed by atoms with Gasteiger partial charge in [0.25, 0.3) is 11.8 Å². The fourth-order valence-corrected chi connectivity index (χ4v) is 4.14. The lowest BCUT2D eigenvalue weighted by atomic mass is 9.97. The number of aryl methyl sites for hydroxylation is 1. The van der Waals surface area contributed by atoms with E-state index in [1.54, 1.807) is 19.1 Å². The first-order chi connectivity index (χ1) is 13.1. The van der Waals surface area contributed by atoms with Crippen molar-refractivity contribution < 1.29 is 14.0 Å². The van der Waals surface area contributed by atoms with Crippen LogP contribution in [0.4, 0.5) is 0 Å². The van der Waals surface area contributed by atoms with Gasteiger partial charge >= 0.3 is 0 Å². The van der Waals surface area contributed by atoms with Gasteiger partial charge in [0, 0.05) is 32.1 Å². The summed E-state index contributed by atoms with van der Waals surface area (Å²) < 4.78 is 5.54. The van der Waals surface area contributed by atoms with E-state index in [2.05, 4.69) is 10.3 Å². The van der Waals surface area contributed by atoms with Gasteiger partial charge in [0.05, 0.1) is 4.88 Å². The molecule has 0 bridgehead atoms. The number of benzene rings is 1. The predicted octanol–water partition coefficient (Wildman–Crippen LogP) is 3.48. The van der Waals surface area contributed by atoms with Gasteiger partial charge in [-0.1, -0.05) is 6.07 Å². The molecule has 1 N–H and O–H groups in total. The van der Waals surface area contributed by atoms with Gasteiger partial charge in [-0.15, -0.1) is 11.3 Å². The Bertz CT molecular complexity index is 964. The molecule has 2 aromatic heterocycles. The Balaban J connectivity index is 1.39. The third kappa shape index (κ3) is 3.88. The molecule has 0 unspecified atom stereocenters. The zero-order valence-corrected chi connectivity index (χ0v) is 15.9. The van der Waals surface area contributed by atoms with Gasteiger partial charge in [-0.25, -0.2) is 4.98 Å². The van der Waals surface area contributed by atoms with E-state index in [4.69, 9.17) is 4.42 Å². The van der Waals surface area contributed by atoms with E-state index in [9.17, 15) is 9.59 Å². The number of fused-ring (bicyclic) bond motifs is 1. The van der Waals surface area contributed by atoms with Gasteiger partial charge in [0.15, 0.2) is 11.5 Å². The van der Waals surface area contributed by atoms with Crippen LogP contribution in [0.1, 0.15) is 38.8 Å². The molecule has 1 fully saturated rings. The first-order valence-electron chi connectivity index (χ1n) is 9.08. The molecular formula is C20H21N3O3S.